The third-order valence-electron chi connectivity index (χ3n) is 4.11. The lowest BCUT2D eigenvalue weighted by Crippen LogP contribution is -2.47. The van der Waals surface area contributed by atoms with Crippen molar-refractivity contribution >= 4 is 5.96 Å². The molecule has 1 heterocycles. The minimum Gasteiger partial charge on any atom is -0.356 e. The Kier molecular flexibility index (Phi) is 6.05. The third-order valence-corrected chi connectivity index (χ3v) is 4.11. The molecule has 0 saturated heterocycles. The van der Waals surface area contributed by atoms with Gasteiger partial charge in [-0.3, -0.25) is 9.89 Å². The summed E-state index contributed by atoms with van der Waals surface area (Å²) in [7, 11) is 1.83. The second-order valence-corrected chi connectivity index (χ2v) is 5.72. The van der Waals surface area contributed by atoms with E-state index < -0.39 is 0 Å². The zero-order chi connectivity index (χ0) is 15.1. The predicted octanol–water partition coefficient (Wildman–Crippen LogP) is 2.01. The Morgan fingerprint density at radius 3 is 2.76 bits per heavy atom. The van der Waals surface area contributed by atoms with E-state index in [2.05, 4.69) is 58.6 Å². The van der Waals surface area contributed by atoms with Crippen LogP contribution in [0.25, 0.3) is 0 Å². The summed E-state index contributed by atoms with van der Waals surface area (Å²) >= 11 is 0. The lowest BCUT2D eigenvalue weighted by molar-refractivity contribution is 0.191. The Morgan fingerprint density at radius 2 is 2.05 bits per heavy atom. The normalized spacial score (nSPS) is 17.2. The van der Waals surface area contributed by atoms with Crippen LogP contribution in [0, 0.1) is 0 Å². The molecule has 1 aromatic carbocycles. The molecule has 0 saturated carbocycles. The minimum absolute atomic E-state index is 0.499. The van der Waals surface area contributed by atoms with E-state index in [0.29, 0.717) is 6.04 Å². The number of aliphatic imine (C=N–C) groups is 1. The quantitative estimate of drug-likeness (QED) is 0.643. The number of guanidine groups is 1. The van der Waals surface area contributed by atoms with Crippen LogP contribution in [0.5, 0.6) is 0 Å². The largest absolute Gasteiger partial charge is 0.356 e. The van der Waals surface area contributed by atoms with Crippen LogP contribution < -0.4 is 10.6 Å². The fourth-order valence-corrected chi connectivity index (χ4v) is 2.73. The summed E-state index contributed by atoms with van der Waals surface area (Å²) in [6, 6.07) is 9.29. The van der Waals surface area contributed by atoms with Gasteiger partial charge in [-0.25, -0.2) is 0 Å². The van der Waals surface area contributed by atoms with Gasteiger partial charge < -0.3 is 10.6 Å². The molecule has 1 aliphatic rings. The molecule has 116 valence electrons. The van der Waals surface area contributed by atoms with Gasteiger partial charge in [0, 0.05) is 39.3 Å². The van der Waals surface area contributed by atoms with Crippen molar-refractivity contribution < 1.29 is 0 Å². The van der Waals surface area contributed by atoms with E-state index in [9.17, 15) is 0 Å². The number of nitrogens with zero attached hydrogens (tertiary/aromatic N) is 2. The minimum atomic E-state index is 0.499. The van der Waals surface area contributed by atoms with Gasteiger partial charge in [-0.1, -0.05) is 31.2 Å². The van der Waals surface area contributed by atoms with E-state index in [1.807, 2.05) is 7.05 Å². The van der Waals surface area contributed by atoms with Crippen molar-refractivity contribution in [2.24, 2.45) is 4.99 Å². The van der Waals surface area contributed by atoms with Crippen molar-refractivity contribution in [2.45, 2.75) is 39.3 Å². The Labute approximate surface area is 128 Å². The van der Waals surface area contributed by atoms with Crippen LogP contribution in [0.1, 0.15) is 31.4 Å². The maximum Gasteiger partial charge on any atom is 0.191 e. The smallest absolute Gasteiger partial charge is 0.191 e. The molecule has 0 bridgehead atoms. The molecule has 0 aliphatic carbocycles. The number of benzene rings is 1. The van der Waals surface area contributed by atoms with Crippen LogP contribution in [0.2, 0.25) is 0 Å². The molecule has 0 spiro atoms. The van der Waals surface area contributed by atoms with Crippen LogP contribution in [0.4, 0.5) is 0 Å². The summed E-state index contributed by atoms with van der Waals surface area (Å²) in [5.74, 6) is 0.904. The molecule has 1 aromatic rings. The molecule has 1 aliphatic heterocycles. The zero-order valence-electron chi connectivity index (χ0n) is 13.5. The fraction of sp³-hybridized carbons (Fsp3) is 0.588. The first-order valence-corrected chi connectivity index (χ1v) is 8.00. The van der Waals surface area contributed by atoms with Gasteiger partial charge in [0.05, 0.1) is 0 Å². The third kappa shape index (κ3) is 4.46. The highest BCUT2D eigenvalue weighted by molar-refractivity contribution is 5.79. The summed E-state index contributed by atoms with van der Waals surface area (Å²) < 4.78 is 0. The summed E-state index contributed by atoms with van der Waals surface area (Å²) in [4.78, 5) is 6.80. The highest BCUT2D eigenvalue weighted by Crippen LogP contribution is 2.19. The van der Waals surface area contributed by atoms with Gasteiger partial charge in [0.25, 0.3) is 0 Å². The Morgan fingerprint density at radius 1 is 1.29 bits per heavy atom. The SMILES string of the molecule is CCCNC(=NC)NCC(C)N1CCc2ccccc2C1. The number of hydrogen-bond donors (Lipinski definition) is 2. The van der Waals surface area contributed by atoms with Gasteiger partial charge in [-0.05, 0) is 30.9 Å². The van der Waals surface area contributed by atoms with Crippen molar-refractivity contribution in [1.29, 1.82) is 0 Å². The molecular weight excluding hydrogens is 260 g/mol. The number of fused-ring (bicyclic) bond motifs is 1. The lowest BCUT2D eigenvalue weighted by Gasteiger charge is -2.34. The predicted molar refractivity (Wildman–Crippen MR) is 89.7 cm³/mol. The van der Waals surface area contributed by atoms with Crippen molar-refractivity contribution in [3.63, 3.8) is 0 Å². The first-order chi connectivity index (χ1) is 10.2. The molecule has 1 unspecified atom stereocenters. The van der Waals surface area contributed by atoms with E-state index in [-0.39, 0.29) is 0 Å². The second kappa shape index (κ2) is 8.03. The first-order valence-electron chi connectivity index (χ1n) is 8.00. The lowest BCUT2D eigenvalue weighted by atomic mass is 9.99. The monoisotopic (exact) mass is 288 g/mol. The van der Waals surface area contributed by atoms with Gasteiger partial charge >= 0.3 is 0 Å². The van der Waals surface area contributed by atoms with Crippen LogP contribution in [0.3, 0.4) is 0 Å². The van der Waals surface area contributed by atoms with Crippen LogP contribution in [0.15, 0.2) is 29.3 Å². The molecular formula is C17H28N4. The molecule has 4 heteroatoms. The molecule has 2 rings (SSSR count). The van der Waals surface area contributed by atoms with Crippen molar-refractivity contribution in [3.8, 4) is 0 Å². The van der Waals surface area contributed by atoms with Crippen LogP contribution >= 0.6 is 0 Å². The first kappa shape index (κ1) is 15.8. The average molecular weight is 288 g/mol. The Bertz CT molecular complexity index is 470. The van der Waals surface area contributed by atoms with E-state index in [1.54, 1.807) is 0 Å². The summed E-state index contributed by atoms with van der Waals surface area (Å²) in [5.41, 5.74) is 2.98. The zero-order valence-corrected chi connectivity index (χ0v) is 13.5. The molecule has 1 atom stereocenters. The van der Waals surface area contributed by atoms with Gasteiger partial charge in [0.15, 0.2) is 5.96 Å². The van der Waals surface area contributed by atoms with Gasteiger partial charge in [0.2, 0.25) is 0 Å². The van der Waals surface area contributed by atoms with Gasteiger partial charge in [-0.2, -0.15) is 0 Å². The Balaban J connectivity index is 1.83. The van der Waals surface area contributed by atoms with E-state index in [0.717, 1.165) is 45.0 Å². The number of rotatable bonds is 5. The second-order valence-electron chi connectivity index (χ2n) is 5.72. The molecule has 2 N–H and O–H groups in total. The maximum absolute atomic E-state index is 4.25. The summed E-state index contributed by atoms with van der Waals surface area (Å²) in [6.45, 7) is 8.53. The standard InChI is InChI=1S/C17H28N4/c1-4-10-19-17(18-3)20-12-14(2)21-11-9-15-7-5-6-8-16(15)13-21/h5-8,14H,4,9-13H2,1-3H3,(H2,18,19,20). The highest BCUT2D eigenvalue weighted by atomic mass is 15.2. The van der Waals surface area contributed by atoms with Crippen molar-refractivity contribution in [1.82, 2.24) is 15.5 Å². The highest BCUT2D eigenvalue weighted by Gasteiger charge is 2.20. The summed E-state index contributed by atoms with van der Waals surface area (Å²) in [5, 5.41) is 6.74. The van der Waals surface area contributed by atoms with E-state index >= 15 is 0 Å². The molecule has 4 nitrogen and oxygen atoms in total. The number of hydrogen-bond acceptors (Lipinski definition) is 2. The average Bonchev–Trinajstić information content (AvgIpc) is 2.54. The molecule has 0 radical (unpaired) electrons. The topological polar surface area (TPSA) is 39.7 Å². The number of nitrogens with one attached hydrogen (secondary N) is 2. The molecule has 0 fully saturated rings. The Hall–Kier alpha value is -1.55. The maximum atomic E-state index is 4.25. The van der Waals surface area contributed by atoms with E-state index in [4.69, 9.17) is 0 Å². The van der Waals surface area contributed by atoms with E-state index in [1.165, 1.54) is 11.1 Å². The van der Waals surface area contributed by atoms with Crippen molar-refractivity contribution in [3.05, 3.63) is 35.4 Å². The fourth-order valence-electron chi connectivity index (χ4n) is 2.73. The van der Waals surface area contributed by atoms with Crippen molar-refractivity contribution in [2.75, 3.05) is 26.7 Å². The molecule has 21 heavy (non-hydrogen) atoms. The summed E-state index contributed by atoms with van der Waals surface area (Å²) in [6.07, 6.45) is 2.27. The van der Waals surface area contributed by atoms with Crippen LogP contribution in [-0.2, 0) is 13.0 Å². The van der Waals surface area contributed by atoms with Gasteiger partial charge in [-0.15, -0.1) is 0 Å². The van der Waals surface area contributed by atoms with Crippen LogP contribution in [-0.4, -0.2) is 43.6 Å². The molecule has 0 amide bonds. The molecule has 0 aromatic heterocycles. The van der Waals surface area contributed by atoms with Gasteiger partial charge in [0.1, 0.15) is 0 Å².